The van der Waals surface area contributed by atoms with Crippen molar-refractivity contribution in [2.75, 3.05) is 32.0 Å². The smallest absolute Gasteiger partial charge is 0.222 e. The molecule has 1 aromatic rings. The van der Waals surface area contributed by atoms with E-state index >= 15 is 0 Å². The zero-order valence-corrected chi connectivity index (χ0v) is 13.2. The number of nitrogens with one attached hydrogen (secondary N) is 2. The van der Waals surface area contributed by atoms with Gasteiger partial charge in [-0.05, 0) is 38.1 Å². The summed E-state index contributed by atoms with van der Waals surface area (Å²) in [5.41, 5.74) is 0. The van der Waals surface area contributed by atoms with Crippen LogP contribution in [-0.4, -0.2) is 44.0 Å². The molecule has 5 heteroatoms. The maximum atomic E-state index is 11.7. The molecule has 0 unspecified atom stereocenters. The van der Waals surface area contributed by atoms with Crippen molar-refractivity contribution >= 4 is 17.7 Å². The molecule has 1 fully saturated rings. The lowest BCUT2D eigenvalue weighted by Crippen LogP contribution is -2.33. The lowest BCUT2D eigenvalue weighted by molar-refractivity contribution is -0.122. The molecule has 0 aliphatic carbocycles. The average Bonchev–Trinajstić information content (AvgIpc) is 2.54. The molecule has 1 aliphatic heterocycles. The largest absolute Gasteiger partial charge is 0.378 e. The van der Waals surface area contributed by atoms with Crippen molar-refractivity contribution in [1.29, 1.82) is 0 Å². The molecule has 1 saturated heterocycles. The van der Waals surface area contributed by atoms with E-state index in [2.05, 4.69) is 22.8 Å². The number of hydrogen-bond donors (Lipinski definition) is 2. The van der Waals surface area contributed by atoms with E-state index < -0.39 is 0 Å². The average molecular weight is 308 g/mol. The molecule has 1 amide bonds. The highest BCUT2D eigenvalue weighted by atomic mass is 32.2. The molecule has 4 nitrogen and oxygen atoms in total. The van der Waals surface area contributed by atoms with E-state index in [1.54, 1.807) is 11.8 Å². The minimum atomic E-state index is 0.0811. The number of ether oxygens (including phenoxy) is 1. The SMILES string of the molecule is O=C(CCOC1CCNCC1)NCCSc1ccccc1. The van der Waals surface area contributed by atoms with Crippen LogP contribution in [-0.2, 0) is 9.53 Å². The molecule has 21 heavy (non-hydrogen) atoms. The minimum Gasteiger partial charge on any atom is -0.378 e. The quantitative estimate of drug-likeness (QED) is 0.570. The Morgan fingerprint density at radius 2 is 2.05 bits per heavy atom. The third kappa shape index (κ3) is 6.98. The summed E-state index contributed by atoms with van der Waals surface area (Å²) in [6.45, 7) is 3.27. The number of hydrogen-bond acceptors (Lipinski definition) is 4. The molecular formula is C16H24N2O2S. The standard InChI is InChI=1S/C16H24N2O2S/c19-16(8-12-20-14-6-9-17-10-7-14)18-11-13-21-15-4-2-1-3-5-15/h1-5,14,17H,6-13H2,(H,18,19). The van der Waals surface area contributed by atoms with Crippen LogP contribution in [0.25, 0.3) is 0 Å². The van der Waals surface area contributed by atoms with E-state index in [1.165, 1.54) is 4.90 Å². The van der Waals surface area contributed by atoms with E-state index in [9.17, 15) is 4.79 Å². The molecule has 116 valence electrons. The Morgan fingerprint density at radius 3 is 2.81 bits per heavy atom. The summed E-state index contributed by atoms with van der Waals surface area (Å²) in [5, 5.41) is 6.24. The predicted molar refractivity (Wildman–Crippen MR) is 86.6 cm³/mol. The number of carbonyl (C=O) groups is 1. The summed E-state index contributed by atoms with van der Waals surface area (Å²) in [6.07, 6.45) is 2.89. The number of piperidine rings is 1. The third-order valence-corrected chi connectivity index (χ3v) is 4.42. The van der Waals surface area contributed by atoms with E-state index in [0.29, 0.717) is 25.7 Å². The first-order valence-electron chi connectivity index (χ1n) is 7.61. The number of carbonyl (C=O) groups excluding carboxylic acids is 1. The normalized spacial score (nSPS) is 15.8. The first kappa shape index (κ1) is 16.3. The van der Waals surface area contributed by atoms with Crippen molar-refractivity contribution in [1.82, 2.24) is 10.6 Å². The Balaban J connectivity index is 1.47. The van der Waals surface area contributed by atoms with E-state index in [1.807, 2.05) is 18.2 Å². The summed E-state index contributed by atoms with van der Waals surface area (Å²) in [7, 11) is 0. The molecule has 1 aliphatic rings. The second kappa shape index (κ2) is 9.82. The summed E-state index contributed by atoms with van der Waals surface area (Å²) in [4.78, 5) is 12.9. The molecule has 0 aromatic heterocycles. The van der Waals surface area contributed by atoms with Gasteiger partial charge in [-0.25, -0.2) is 0 Å². The monoisotopic (exact) mass is 308 g/mol. The minimum absolute atomic E-state index is 0.0811. The molecule has 1 heterocycles. The summed E-state index contributed by atoms with van der Waals surface area (Å²) in [5.74, 6) is 0.975. The zero-order chi connectivity index (χ0) is 14.8. The van der Waals surface area contributed by atoms with Crippen molar-refractivity contribution in [3.05, 3.63) is 30.3 Å². The summed E-state index contributed by atoms with van der Waals surface area (Å²) >= 11 is 1.76. The predicted octanol–water partition coefficient (Wildman–Crippen LogP) is 2.05. The van der Waals surface area contributed by atoms with Crippen LogP contribution in [0, 0.1) is 0 Å². The fraction of sp³-hybridized carbons (Fsp3) is 0.562. The van der Waals surface area contributed by atoms with Gasteiger partial charge in [0, 0.05) is 23.6 Å². The van der Waals surface area contributed by atoms with Gasteiger partial charge < -0.3 is 15.4 Å². The summed E-state index contributed by atoms with van der Waals surface area (Å²) in [6, 6.07) is 10.2. The molecule has 0 radical (unpaired) electrons. The molecule has 0 atom stereocenters. The van der Waals surface area contributed by atoms with E-state index in [4.69, 9.17) is 4.74 Å². The van der Waals surface area contributed by atoms with Crippen LogP contribution in [0.2, 0.25) is 0 Å². The number of amides is 1. The second-order valence-electron chi connectivity index (χ2n) is 5.08. The van der Waals surface area contributed by atoms with Crippen LogP contribution in [0.15, 0.2) is 35.2 Å². The first-order chi connectivity index (χ1) is 10.3. The van der Waals surface area contributed by atoms with Gasteiger partial charge in [-0.3, -0.25) is 4.79 Å². The lowest BCUT2D eigenvalue weighted by Gasteiger charge is -2.22. The lowest BCUT2D eigenvalue weighted by atomic mass is 10.1. The van der Waals surface area contributed by atoms with Gasteiger partial charge in [0.25, 0.3) is 0 Å². The van der Waals surface area contributed by atoms with Crippen molar-refractivity contribution in [2.45, 2.75) is 30.3 Å². The molecule has 1 aromatic carbocycles. The van der Waals surface area contributed by atoms with Crippen molar-refractivity contribution < 1.29 is 9.53 Å². The molecule has 0 bridgehead atoms. The Hall–Kier alpha value is -1.04. The highest BCUT2D eigenvalue weighted by Crippen LogP contribution is 2.15. The van der Waals surface area contributed by atoms with Gasteiger partial charge in [-0.1, -0.05) is 18.2 Å². The van der Waals surface area contributed by atoms with Crippen LogP contribution < -0.4 is 10.6 Å². The van der Waals surface area contributed by atoms with Crippen molar-refractivity contribution in [3.63, 3.8) is 0 Å². The van der Waals surface area contributed by atoms with Gasteiger partial charge >= 0.3 is 0 Å². The molecule has 0 spiro atoms. The molecule has 0 saturated carbocycles. The number of rotatable bonds is 8. The van der Waals surface area contributed by atoms with E-state index in [0.717, 1.165) is 31.7 Å². The van der Waals surface area contributed by atoms with Crippen molar-refractivity contribution in [2.24, 2.45) is 0 Å². The Labute approximate surface area is 131 Å². The van der Waals surface area contributed by atoms with Crippen LogP contribution in [0.1, 0.15) is 19.3 Å². The first-order valence-corrected chi connectivity index (χ1v) is 8.60. The Morgan fingerprint density at radius 1 is 1.29 bits per heavy atom. The van der Waals surface area contributed by atoms with Gasteiger partial charge in [-0.2, -0.15) is 0 Å². The van der Waals surface area contributed by atoms with Crippen LogP contribution in [0.4, 0.5) is 0 Å². The zero-order valence-electron chi connectivity index (χ0n) is 12.3. The molecule has 2 rings (SSSR count). The van der Waals surface area contributed by atoms with E-state index in [-0.39, 0.29) is 5.91 Å². The van der Waals surface area contributed by atoms with Crippen LogP contribution in [0.5, 0.6) is 0 Å². The van der Waals surface area contributed by atoms with Crippen LogP contribution in [0.3, 0.4) is 0 Å². The highest BCUT2D eigenvalue weighted by molar-refractivity contribution is 7.99. The Kier molecular flexibility index (Phi) is 7.63. The second-order valence-corrected chi connectivity index (χ2v) is 6.25. The van der Waals surface area contributed by atoms with Gasteiger partial charge in [0.2, 0.25) is 5.91 Å². The van der Waals surface area contributed by atoms with Gasteiger partial charge in [0.15, 0.2) is 0 Å². The topological polar surface area (TPSA) is 50.4 Å². The maximum Gasteiger partial charge on any atom is 0.222 e. The number of thioether (sulfide) groups is 1. The molecule has 2 N–H and O–H groups in total. The third-order valence-electron chi connectivity index (χ3n) is 3.41. The highest BCUT2D eigenvalue weighted by Gasteiger charge is 2.13. The Bertz CT molecular complexity index is 408. The molecular weight excluding hydrogens is 284 g/mol. The van der Waals surface area contributed by atoms with Gasteiger partial charge in [0.05, 0.1) is 12.7 Å². The summed E-state index contributed by atoms with van der Waals surface area (Å²) < 4.78 is 5.72. The maximum absolute atomic E-state index is 11.7. The van der Waals surface area contributed by atoms with Gasteiger partial charge in [-0.15, -0.1) is 11.8 Å². The fourth-order valence-electron chi connectivity index (χ4n) is 2.24. The fourth-order valence-corrected chi connectivity index (χ4v) is 3.03. The van der Waals surface area contributed by atoms with Gasteiger partial charge in [0.1, 0.15) is 0 Å². The number of benzene rings is 1. The van der Waals surface area contributed by atoms with Crippen LogP contribution >= 0.6 is 11.8 Å². The van der Waals surface area contributed by atoms with Crippen molar-refractivity contribution in [3.8, 4) is 0 Å².